The van der Waals surface area contributed by atoms with E-state index in [9.17, 15) is 22.2 Å². The Kier molecular flexibility index (Phi) is 9.19. The number of carbonyl (C=O) groups is 1. The molecule has 0 unspecified atom stereocenters. The van der Waals surface area contributed by atoms with Crippen LogP contribution in [0.1, 0.15) is 56.1 Å². The summed E-state index contributed by atoms with van der Waals surface area (Å²) in [6.07, 6.45) is 4.55. The van der Waals surface area contributed by atoms with E-state index in [-0.39, 0.29) is 51.6 Å². The summed E-state index contributed by atoms with van der Waals surface area (Å²) >= 11 is 0. The van der Waals surface area contributed by atoms with Crippen LogP contribution in [-0.2, 0) is 21.5 Å². The molecule has 1 aliphatic carbocycles. The summed E-state index contributed by atoms with van der Waals surface area (Å²) in [5.41, 5.74) is 5.08. The van der Waals surface area contributed by atoms with Crippen LogP contribution in [0.5, 0.6) is 5.75 Å². The molecule has 0 bridgehead atoms. The van der Waals surface area contributed by atoms with Crippen molar-refractivity contribution in [1.82, 2.24) is 4.90 Å². The molecular weight excluding hydrogens is 566 g/mol. The first-order valence-corrected chi connectivity index (χ1v) is 15.7. The fourth-order valence-corrected chi connectivity index (χ4v) is 6.82. The van der Waals surface area contributed by atoms with Crippen molar-refractivity contribution in [3.05, 3.63) is 77.6 Å². The van der Waals surface area contributed by atoms with Gasteiger partial charge in [-0.2, -0.15) is 0 Å². The Balaban J connectivity index is 0.00000353. The van der Waals surface area contributed by atoms with E-state index in [4.69, 9.17) is 4.74 Å². The minimum Gasteiger partial charge on any atom is -0.744 e. The zero-order valence-electron chi connectivity index (χ0n) is 24.1. The number of hydrogen-bond donors (Lipinski definition) is 0. The first kappa shape index (κ1) is 31.2. The van der Waals surface area contributed by atoms with Gasteiger partial charge in [-0.1, -0.05) is 12.1 Å². The quantitative estimate of drug-likeness (QED) is 0.292. The predicted molar refractivity (Wildman–Crippen MR) is 153 cm³/mol. The van der Waals surface area contributed by atoms with E-state index in [1.165, 1.54) is 29.8 Å². The standard InChI is InChI=1S/C32H35FN2O5S.Na/c1-2-40-30-18-29(23-5-7-25(33)8-6-23)28(22-3-4-22)17-24(30)20-34-15-13-32(14-16-34)19-31(36)35(21-32)26-9-11-27(12-10-26)41(37,38)39;/h5-12,17-18,22H,2-4,13-16,19-21H2,1H3,(H,37,38,39);/q;+1/p-1. The number of rotatable bonds is 8. The predicted octanol–water partition coefficient (Wildman–Crippen LogP) is 2.70. The molecule has 3 fully saturated rings. The average molecular weight is 601 g/mol. The zero-order valence-corrected chi connectivity index (χ0v) is 27.0. The van der Waals surface area contributed by atoms with Crippen molar-refractivity contribution >= 4 is 21.7 Å². The number of carbonyl (C=O) groups excluding carboxylic acids is 1. The fourth-order valence-electron chi connectivity index (χ4n) is 6.35. The maximum atomic E-state index is 13.6. The SMILES string of the molecule is CCOc1cc(-c2ccc(F)cc2)c(C2CC2)cc1CN1CCC2(CC1)CC(=O)N(c1ccc(S(=O)(=O)[O-])cc1)C2.[Na+]. The average Bonchev–Trinajstić information content (AvgIpc) is 3.74. The smallest absolute Gasteiger partial charge is 0.744 e. The molecule has 0 aromatic heterocycles. The molecule has 3 aliphatic rings. The Hall–Kier alpha value is -2.27. The van der Waals surface area contributed by atoms with E-state index in [1.54, 1.807) is 17.0 Å². The number of likely N-dealkylation sites (tertiary alicyclic amines) is 1. The van der Waals surface area contributed by atoms with Gasteiger partial charge >= 0.3 is 29.6 Å². The van der Waals surface area contributed by atoms with E-state index >= 15 is 0 Å². The van der Waals surface area contributed by atoms with Crippen molar-refractivity contribution in [2.45, 2.75) is 56.4 Å². The molecule has 216 valence electrons. The maximum Gasteiger partial charge on any atom is 1.00 e. The molecule has 0 radical (unpaired) electrons. The summed E-state index contributed by atoms with van der Waals surface area (Å²) in [4.78, 5) is 16.8. The molecule has 2 saturated heterocycles. The molecule has 1 spiro atoms. The Labute approximate surface area is 269 Å². The van der Waals surface area contributed by atoms with Gasteiger partial charge in [0.2, 0.25) is 5.91 Å². The van der Waals surface area contributed by atoms with Gasteiger partial charge in [0.25, 0.3) is 0 Å². The summed E-state index contributed by atoms with van der Waals surface area (Å²) in [6.45, 7) is 5.61. The zero-order chi connectivity index (χ0) is 28.8. The minimum absolute atomic E-state index is 0. The molecule has 0 atom stereocenters. The summed E-state index contributed by atoms with van der Waals surface area (Å²) in [7, 11) is -4.53. The van der Waals surface area contributed by atoms with E-state index in [1.807, 2.05) is 19.1 Å². The molecule has 42 heavy (non-hydrogen) atoms. The third kappa shape index (κ3) is 6.61. The van der Waals surface area contributed by atoms with Crippen LogP contribution in [-0.4, -0.2) is 50.0 Å². The molecular formula is C32H34FN2NaO5S. The topological polar surface area (TPSA) is 90.0 Å². The Morgan fingerprint density at radius 2 is 1.69 bits per heavy atom. The van der Waals surface area contributed by atoms with Gasteiger partial charge < -0.3 is 14.2 Å². The number of halogens is 1. The van der Waals surface area contributed by atoms with Gasteiger partial charge in [0.1, 0.15) is 21.7 Å². The van der Waals surface area contributed by atoms with E-state index in [0.717, 1.165) is 67.8 Å². The van der Waals surface area contributed by atoms with Crippen molar-refractivity contribution in [1.29, 1.82) is 0 Å². The third-order valence-electron chi connectivity index (χ3n) is 8.77. The number of benzene rings is 3. The first-order valence-electron chi connectivity index (χ1n) is 14.3. The second-order valence-electron chi connectivity index (χ2n) is 11.6. The molecule has 6 rings (SSSR count). The summed E-state index contributed by atoms with van der Waals surface area (Å²) in [6, 6.07) is 16.7. The largest absolute Gasteiger partial charge is 1.00 e. The van der Waals surface area contributed by atoms with E-state index in [0.29, 0.717) is 31.2 Å². The third-order valence-corrected chi connectivity index (χ3v) is 9.62. The van der Waals surface area contributed by atoms with Crippen molar-refractivity contribution in [2.75, 3.05) is 31.1 Å². The number of nitrogens with zero attached hydrogens (tertiary/aromatic N) is 2. The number of amides is 1. The fraction of sp³-hybridized carbons (Fsp3) is 0.406. The van der Waals surface area contributed by atoms with Gasteiger partial charge in [0.15, 0.2) is 0 Å². The molecule has 3 aromatic rings. The molecule has 1 amide bonds. The summed E-state index contributed by atoms with van der Waals surface area (Å²) in [5, 5.41) is 0. The van der Waals surface area contributed by atoms with Gasteiger partial charge in [-0.15, -0.1) is 0 Å². The van der Waals surface area contributed by atoms with Crippen LogP contribution in [0.2, 0.25) is 0 Å². The number of anilines is 1. The normalized spacial score (nSPS) is 18.7. The van der Waals surface area contributed by atoms with Gasteiger partial charge in [0.05, 0.1) is 11.5 Å². The maximum absolute atomic E-state index is 13.6. The Morgan fingerprint density at radius 1 is 1.02 bits per heavy atom. The van der Waals surface area contributed by atoms with Crippen LogP contribution in [0.25, 0.3) is 11.1 Å². The van der Waals surface area contributed by atoms with Crippen LogP contribution in [0.15, 0.2) is 65.6 Å². The second kappa shape index (κ2) is 12.4. The number of ether oxygens (including phenoxy) is 1. The Bertz CT molecular complexity index is 1550. The summed E-state index contributed by atoms with van der Waals surface area (Å²) < 4.78 is 53.6. The molecule has 2 heterocycles. The van der Waals surface area contributed by atoms with Crippen molar-refractivity contribution in [2.24, 2.45) is 5.41 Å². The summed E-state index contributed by atoms with van der Waals surface area (Å²) in [5.74, 6) is 1.17. The molecule has 10 heteroatoms. The monoisotopic (exact) mass is 600 g/mol. The van der Waals surface area contributed by atoms with Crippen LogP contribution in [0.3, 0.4) is 0 Å². The van der Waals surface area contributed by atoms with Crippen molar-refractivity contribution in [3.8, 4) is 16.9 Å². The van der Waals surface area contributed by atoms with Gasteiger partial charge in [-0.05, 0) is 122 Å². The first-order chi connectivity index (χ1) is 19.6. The van der Waals surface area contributed by atoms with Crippen molar-refractivity contribution < 1.29 is 56.4 Å². The number of hydrogen-bond acceptors (Lipinski definition) is 6. The minimum atomic E-state index is -4.53. The van der Waals surface area contributed by atoms with Crippen molar-refractivity contribution in [3.63, 3.8) is 0 Å². The van der Waals surface area contributed by atoms with Gasteiger partial charge in [-0.3, -0.25) is 9.69 Å². The van der Waals surface area contributed by atoms with E-state index < -0.39 is 10.1 Å². The van der Waals surface area contributed by atoms with Crippen LogP contribution < -0.4 is 39.2 Å². The molecule has 1 saturated carbocycles. The van der Waals surface area contributed by atoms with Gasteiger partial charge in [0, 0.05) is 30.8 Å². The Morgan fingerprint density at radius 3 is 2.29 bits per heavy atom. The van der Waals surface area contributed by atoms with Crippen LogP contribution in [0.4, 0.5) is 10.1 Å². The molecule has 0 N–H and O–H groups in total. The van der Waals surface area contributed by atoms with Gasteiger partial charge in [-0.25, -0.2) is 12.8 Å². The second-order valence-corrected chi connectivity index (χ2v) is 13.0. The molecule has 7 nitrogen and oxygen atoms in total. The number of piperidine rings is 1. The molecule has 3 aromatic carbocycles. The van der Waals surface area contributed by atoms with E-state index in [2.05, 4.69) is 17.0 Å². The van der Waals surface area contributed by atoms with Crippen LogP contribution in [0, 0.1) is 11.2 Å². The molecule has 2 aliphatic heterocycles. The van der Waals surface area contributed by atoms with Crippen LogP contribution >= 0.6 is 0 Å².